The molecule has 1 aromatic heterocycles. The Hall–Kier alpha value is -1.82. The maximum atomic E-state index is 12.7. The Kier molecular flexibility index (Phi) is 4.67. The van der Waals surface area contributed by atoms with E-state index in [1.54, 1.807) is 7.11 Å². The van der Waals surface area contributed by atoms with E-state index in [9.17, 15) is 9.59 Å². The predicted octanol–water partition coefficient (Wildman–Crippen LogP) is 2.00. The van der Waals surface area contributed by atoms with Crippen LogP contribution in [0.1, 0.15) is 41.1 Å². The van der Waals surface area contributed by atoms with Gasteiger partial charge in [-0.05, 0) is 32.8 Å². The lowest BCUT2D eigenvalue weighted by atomic mass is 9.77. The number of amides is 2. The molecule has 0 N–H and O–H groups in total. The van der Waals surface area contributed by atoms with Crippen LogP contribution in [-0.4, -0.2) is 61.5 Å². The molecule has 0 radical (unpaired) electrons. The van der Waals surface area contributed by atoms with Crippen LogP contribution in [0, 0.1) is 19.3 Å². The zero-order chi connectivity index (χ0) is 17.3. The summed E-state index contributed by atoms with van der Waals surface area (Å²) in [6, 6.07) is 1.81. The molecule has 1 spiro atoms. The summed E-state index contributed by atoms with van der Waals surface area (Å²) >= 11 is 0. The minimum Gasteiger partial charge on any atom is -0.466 e. The fourth-order valence-corrected chi connectivity index (χ4v) is 3.92. The minimum atomic E-state index is 0.0307. The fourth-order valence-electron chi connectivity index (χ4n) is 3.92. The number of hydrogen-bond donors (Lipinski definition) is 0. The highest BCUT2D eigenvalue weighted by Gasteiger charge is 2.45. The molecule has 0 aromatic carbocycles. The lowest BCUT2D eigenvalue weighted by Crippen LogP contribution is -2.44. The monoisotopic (exact) mass is 334 g/mol. The van der Waals surface area contributed by atoms with Crippen molar-refractivity contribution in [3.05, 3.63) is 23.2 Å². The number of hydrogen-bond acceptors (Lipinski definition) is 4. The molecule has 6 heteroatoms. The van der Waals surface area contributed by atoms with Crippen molar-refractivity contribution in [3.63, 3.8) is 0 Å². The molecule has 2 aliphatic heterocycles. The molecular formula is C18H26N2O4. The normalized spacial score (nSPS) is 20.2. The van der Waals surface area contributed by atoms with Gasteiger partial charge in [0.15, 0.2) is 0 Å². The smallest absolute Gasteiger partial charge is 0.257 e. The van der Waals surface area contributed by atoms with Crippen molar-refractivity contribution in [2.75, 3.05) is 39.9 Å². The molecule has 2 aliphatic rings. The van der Waals surface area contributed by atoms with E-state index in [2.05, 4.69) is 0 Å². The first kappa shape index (κ1) is 17.0. The van der Waals surface area contributed by atoms with Crippen LogP contribution in [-0.2, 0) is 9.53 Å². The van der Waals surface area contributed by atoms with Crippen LogP contribution >= 0.6 is 0 Å². The van der Waals surface area contributed by atoms with Gasteiger partial charge in [0.1, 0.15) is 11.5 Å². The van der Waals surface area contributed by atoms with Crippen molar-refractivity contribution in [3.8, 4) is 0 Å². The molecule has 2 saturated heterocycles. The molecule has 0 saturated carbocycles. The number of ether oxygens (including phenoxy) is 1. The standard InChI is InChI=1S/C18H26N2O4/c1-13-10-15(14(2)24-13)17(22)19-6-4-18(5-7-19)11-16(21)20(12-18)8-9-23-3/h10H,4-9,11-12H2,1-3H3. The van der Waals surface area contributed by atoms with Crippen molar-refractivity contribution in [2.45, 2.75) is 33.1 Å². The summed E-state index contributed by atoms with van der Waals surface area (Å²) in [5, 5.41) is 0. The number of furan rings is 1. The fraction of sp³-hybridized carbons (Fsp3) is 0.667. The third-order valence-electron chi connectivity index (χ3n) is 5.35. The lowest BCUT2D eigenvalue weighted by Gasteiger charge is -2.38. The number of aryl methyl sites for hydroxylation is 2. The molecule has 3 heterocycles. The highest BCUT2D eigenvalue weighted by Crippen LogP contribution is 2.41. The van der Waals surface area contributed by atoms with E-state index in [-0.39, 0.29) is 17.2 Å². The van der Waals surface area contributed by atoms with Gasteiger partial charge < -0.3 is 19.0 Å². The molecular weight excluding hydrogens is 308 g/mol. The lowest BCUT2D eigenvalue weighted by molar-refractivity contribution is -0.128. The van der Waals surface area contributed by atoms with Crippen molar-refractivity contribution in [2.24, 2.45) is 5.41 Å². The van der Waals surface area contributed by atoms with E-state index in [1.165, 1.54) is 0 Å². The van der Waals surface area contributed by atoms with Crippen LogP contribution in [0.2, 0.25) is 0 Å². The van der Waals surface area contributed by atoms with Gasteiger partial charge >= 0.3 is 0 Å². The SMILES string of the molecule is COCCN1CC2(CCN(C(=O)c3cc(C)oc3C)CC2)CC1=O. The van der Waals surface area contributed by atoms with E-state index in [4.69, 9.17) is 9.15 Å². The van der Waals surface area contributed by atoms with Gasteiger partial charge in [-0.3, -0.25) is 9.59 Å². The summed E-state index contributed by atoms with van der Waals surface area (Å²) in [6.45, 7) is 7.12. The molecule has 132 valence electrons. The second kappa shape index (κ2) is 6.59. The molecule has 0 atom stereocenters. The third kappa shape index (κ3) is 3.20. The molecule has 1 aromatic rings. The van der Waals surface area contributed by atoms with Gasteiger partial charge in [0.25, 0.3) is 5.91 Å². The zero-order valence-corrected chi connectivity index (χ0v) is 14.8. The summed E-state index contributed by atoms with van der Waals surface area (Å²) in [5.74, 6) is 1.70. The first-order valence-electron chi connectivity index (χ1n) is 8.57. The minimum absolute atomic E-state index is 0.0307. The van der Waals surface area contributed by atoms with Crippen LogP contribution in [0.5, 0.6) is 0 Å². The summed E-state index contributed by atoms with van der Waals surface area (Å²) in [5.41, 5.74) is 0.691. The van der Waals surface area contributed by atoms with Crippen LogP contribution in [0.3, 0.4) is 0 Å². The molecule has 0 unspecified atom stereocenters. The number of carbonyl (C=O) groups excluding carboxylic acids is 2. The number of rotatable bonds is 4. The highest BCUT2D eigenvalue weighted by atomic mass is 16.5. The number of methoxy groups -OCH3 is 1. The van der Waals surface area contributed by atoms with Crippen molar-refractivity contribution in [1.29, 1.82) is 0 Å². The van der Waals surface area contributed by atoms with Gasteiger partial charge in [-0.25, -0.2) is 0 Å². The van der Waals surface area contributed by atoms with E-state index >= 15 is 0 Å². The summed E-state index contributed by atoms with van der Waals surface area (Å²) in [4.78, 5) is 28.7. The Bertz CT molecular complexity index is 629. The Morgan fingerprint density at radius 2 is 2.04 bits per heavy atom. The second-order valence-corrected chi connectivity index (χ2v) is 7.10. The third-order valence-corrected chi connectivity index (χ3v) is 5.35. The summed E-state index contributed by atoms with van der Waals surface area (Å²) < 4.78 is 10.6. The number of carbonyl (C=O) groups is 2. The van der Waals surface area contributed by atoms with Gasteiger partial charge in [0.2, 0.25) is 5.91 Å². The topological polar surface area (TPSA) is 63.0 Å². The molecule has 6 nitrogen and oxygen atoms in total. The van der Waals surface area contributed by atoms with Gasteiger partial charge in [-0.1, -0.05) is 0 Å². The van der Waals surface area contributed by atoms with Crippen LogP contribution in [0.25, 0.3) is 0 Å². The van der Waals surface area contributed by atoms with E-state index < -0.39 is 0 Å². The Labute approximate surface area is 142 Å². The van der Waals surface area contributed by atoms with Gasteiger partial charge in [0.05, 0.1) is 12.2 Å². The quantitative estimate of drug-likeness (QED) is 0.845. The average molecular weight is 334 g/mol. The van der Waals surface area contributed by atoms with E-state index in [0.717, 1.165) is 25.1 Å². The van der Waals surface area contributed by atoms with E-state index in [1.807, 2.05) is 29.7 Å². The Morgan fingerprint density at radius 3 is 2.62 bits per heavy atom. The average Bonchev–Trinajstić information content (AvgIpc) is 3.04. The predicted molar refractivity (Wildman–Crippen MR) is 88.8 cm³/mol. The summed E-state index contributed by atoms with van der Waals surface area (Å²) in [7, 11) is 1.65. The Balaban J connectivity index is 1.61. The van der Waals surface area contributed by atoms with Crippen LogP contribution in [0.4, 0.5) is 0 Å². The maximum absolute atomic E-state index is 12.7. The highest BCUT2D eigenvalue weighted by molar-refractivity contribution is 5.95. The first-order valence-corrected chi connectivity index (χ1v) is 8.57. The molecule has 2 fully saturated rings. The van der Waals surface area contributed by atoms with Crippen molar-refractivity contribution in [1.82, 2.24) is 9.80 Å². The molecule has 2 amide bonds. The van der Waals surface area contributed by atoms with Crippen LogP contribution < -0.4 is 0 Å². The second-order valence-electron chi connectivity index (χ2n) is 7.10. The number of piperidine rings is 1. The van der Waals surface area contributed by atoms with Gasteiger partial charge in [-0.15, -0.1) is 0 Å². The van der Waals surface area contributed by atoms with Crippen molar-refractivity contribution < 1.29 is 18.7 Å². The largest absolute Gasteiger partial charge is 0.466 e. The molecule has 0 bridgehead atoms. The number of nitrogens with zero attached hydrogens (tertiary/aromatic N) is 2. The molecule has 3 rings (SSSR count). The number of likely N-dealkylation sites (tertiary alicyclic amines) is 2. The molecule has 0 aliphatic carbocycles. The Morgan fingerprint density at radius 1 is 1.33 bits per heavy atom. The van der Waals surface area contributed by atoms with Gasteiger partial charge in [0, 0.05) is 45.1 Å². The van der Waals surface area contributed by atoms with Crippen molar-refractivity contribution >= 4 is 11.8 Å². The van der Waals surface area contributed by atoms with E-state index in [0.29, 0.717) is 44.0 Å². The first-order chi connectivity index (χ1) is 11.4. The summed E-state index contributed by atoms with van der Waals surface area (Å²) in [6.07, 6.45) is 2.36. The van der Waals surface area contributed by atoms with Gasteiger partial charge in [-0.2, -0.15) is 0 Å². The maximum Gasteiger partial charge on any atom is 0.257 e. The molecule has 24 heavy (non-hydrogen) atoms. The zero-order valence-electron chi connectivity index (χ0n) is 14.8. The van der Waals surface area contributed by atoms with Crippen LogP contribution in [0.15, 0.2) is 10.5 Å².